The van der Waals surface area contributed by atoms with Gasteiger partial charge in [-0.1, -0.05) is 61.9 Å². The smallest absolute Gasteiger partial charge is 0.257 e. The minimum atomic E-state index is 0.144. The van der Waals surface area contributed by atoms with Crippen LogP contribution >= 0.6 is 0 Å². The highest BCUT2D eigenvalue weighted by atomic mass is 16.3. The predicted octanol–water partition coefficient (Wildman–Crippen LogP) is 3.22. The van der Waals surface area contributed by atoms with Crippen LogP contribution in [-0.4, -0.2) is 45.3 Å². The number of H-pyrrole nitrogens is 1. The van der Waals surface area contributed by atoms with E-state index in [0.29, 0.717) is 18.0 Å². The molecule has 0 fully saturated rings. The molecule has 31 heavy (non-hydrogen) atoms. The minimum Gasteiger partial charge on any atom is -0.494 e. The van der Waals surface area contributed by atoms with Gasteiger partial charge in [-0.25, -0.2) is 14.5 Å². The third-order valence-corrected chi connectivity index (χ3v) is 5.27. The molecule has 0 atom stereocenters. The van der Waals surface area contributed by atoms with Crippen molar-refractivity contribution in [2.45, 2.75) is 26.2 Å². The molecule has 9 heteroatoms. The third kappa shape index (κ3) is 3.50. The summed E-state index contributed by atoms with van der Waals surface area (Å²) >= 11 is 0. The van der Waals surface area contributed by atoms with Crippen molar-refractivity contribution in [2.24, 2.45) is 0 Å². The van der Waals surface area contributed by atoms with Crippen LogP contribution in [0.15, 0.2) is 54.9 Å². The van der Waals surface area contributed by atoms with E-state index in [-0.39, 0.29) is 5.88 Å². The van der Waals surface area contributed by atoms with Gasteiger partial charge in [0.1, 0.15) is 6.33 Å². The Kier molecular flexibility index (Phi) is 4.83. The zero-order chi connectivity index (χ0) is 21.2. The van der Waals surface area contributed by atoms with Gasteiger partial charge < -0.3 is 5.11 Å². The Bertz CT molecular complexity index is 1330. The summed E-state index contributed by atoms with van der Waals surface area (Å²) in [6.45, 7) is 2.09. The first-order chi connectivity index (χ1) is 15.2. The summed E-state index contributed by atoms with van der Waals surface area (Å²) in [5.41, 5.74) is 5.76. The predicted molar refractivity (Wildman–Crippen MR) is 114 cm³/mol. The van der Waals surface area contributed by atoms with Crippen LogP contribution in [0.3, 0.4) is 0 Å². The molecule has 0 saturated carbocycles. The number of hydrogen-bond donors (Lipinski definition) is 2. The van der Waals surface area contributed by atoms with Gasteiger partial charge in [-0.05, 0) is 33.5 Å². The van der Waals surface area contributed by atoms with E-state index in [1.807, 2.05) is 24.3 Å². The molecule has 0 amide bonds. The number of rotatable bonds is 6. The Labute approximate surface area is 177 Å². The van der Waals surface area contributed by atoms with Gasteiger partial charge >= 0.3 is 0 Å². The lowest BCUT2D eigenvalue weighted by Gasteiger charge is -2.12. The van der Waals surface area contributed by atoms with Gasteiger partial charge in [0.2, 0.25) is 5.88 Å². The number of aromatic amines is 1. The van der Waals surface area contributed by atoms with E-state index in [9.17, 15) is 5.11 Å². The van der Waals surface area contributed by atoms with Gasteiger partial charge in [0, 0.05) is 17.5 Å². The summed E-state index contributed by atoms with van der Waals surface area (Å²) < 4.78 is 1.52. The maximum Gasteiger partial charge on any atom is 0.257 e. The van der Waals surface area contributed by atoms with Crippen LogP contribution in [-0.2, 0) is 12.8 Å². The normalized spacial score (nSPS) is 11.3. The number of aromatic nitrogens is 8. The molecule has 2 N–H and O–H groups in total. The molecule has 0 aliphatic heterocycles. The van der Waals surface area contributed by atoms with E-state index in [1.165, 1.54) is 10.7 Å². The summed E-state index contributed by atoms with van der Waals surface area (Å²) in [6, 6.07) is 16.3. The van der Waals surface area contributed by atoms with Crippen LogP contribution < -0.4 is 0 Å². The first-order valence-electron chi connectivity index (χ1n) is 10.1. The third-order valence-electron chi connectivity index (χ3n) is 5.27. The standard InChI is InChI=1S/C22H20N8O/c1-2-5-19-18(21(31)30-13-23-27-22(30)24-19)12-14-8-10-15(11-9-14)16-6-3-4-7-17(16)20-25-28-29-26-20/h3-4,6-11,13,31H,2,5,12H2,1H3,(H,25,26,28,29). The largest absolute Gasteiger partial charge is 0.494 e. The first-order valence-corrected chi connectivity index (χ1v) is 10.1. The number of tetrazole rings is 1. The zero-order valence-electron chi connectivity index (χ0n) is 16.9. The molecule has 5 aromatic rings. The molecular formula is C22H20N8O. The Morgan fingerprint density at radius 1 is 1.00 bits per heavy atom. The van der Waals surface area contributed by atoms with Gasteiger partial charge in [0.05, 0.1) is 5.69 Å². The van der Waals surface area contributed by atoms with Gasteiger partial charge in [0.15, 0.2) is 5.82 Å². The van der Waals surface area contributed by atoms with E-state index in [1.54, 1.807) is 0 Å². The molecular weight excluding hydrogens is 392 g/mol. The number of hydrogen-bond acceptors (Lipinski definition) is 7. The highest BCUT2D eigenvalue weighted by Gasteiger charge is 2.16. The average Bonchev–Trinajstić information content (AvgIpc) is 3.49. The van der Waals surface area contributed by atoms with Crippen molar-refractivity contribution in [1.82, 2.24) is 40.2 Å². The van der Waals surface area contributed by atoms with E-state index in [0.717, 1.165) is 46.4 Å². The Hall–Kier alpha value is -4.14. The fourth-order valence-corrected chi connectivity index (χ4v) is 3.76. The van der Waals surface area contributed by atoms with Crippen LogP contribution in [0.25, 0.3) is 28.3 Å². The van der Waals surface area contributed by atoms with E-state index in [4.69, 9.17) is 0 Å². The molecule has 154 valence electrons. The van der Waals surface area contributed by atoms with Gasteiger partial charge in [-0.3, -0.25) is 0 Å². The van der Waals surface area contributed by atoms with Gasteiger partial charge in [-0.15, -0.1) is 15.3 Å². The first kappa shape index (κ1) is 18.9. The number of fused-ring (bicyclic) bond motifs is 1. The number of benzene rings is 2. The van der Waals surface area contributed by atoms with Crippen LogP contribution in [0, 0.1) is 0 Å². The second kappa shape index (κ2) is 7.94. The lowest BCUT2D eigenvalue weighted by atomic mass is 9.96. The molecule has 0 spiro atoms. The van der Waals surface area contributed by atoms with Crippen molar-refractivity contribution in [3.63, 3.8) is 0 Å². The minimum absolute atomic E-state index is 0.144. The summed E-state index contributed by atoms with van der Waals surface area (Å²) in [7, 11) is 0. The fraction of sp³-hybridized carbons (Fsp3) is 0.182. The Balaban J connectivity index is 1.49. The highest BCUT2D eigenvalue weighted by molar-refractivity contribution is 5.80. The fourth-order valence-electron chi connectivity index (χ4n) is 3.76. The number of nitrogens with zero attached hydrogens (tertiary/aromatic N) is 7. The topological polar surface area (TPSA) is 118 Å². The molecule has 0 bridgehead atoms. The van der Waals surface area contributed by atoms with Gasteiger partial charge in [0.25, 0.3) is 5.78 Å². The van der Waals surface area contributed by atoms with E-state index in [2.05, 4.69) is 67.0 Å². The second-order valence-electron chi connectivity index (χ2n) is 7.28. The Morgan fingerprint density at radius 2 is 1.81 bits per heavy atom. The molecule has 0 aliphatic carbocycles. The zero-order valence-corrected chi connectivity index (χ0v) is 16.9. The molecule has 9 nitrogen and oxygen atoms in total. The van der Waals surface area contributed by atoms with Crippen molar-refractivity contribution in [3.8, 4) is 28.4 Å². The number of aromatic hydroxyl groups is 1. The average molecular weight is 412 g/mol. The highest BCUT2D eigenvalue weighted by Crippen LogP contribution is 2.31. The lowest BCUT2D eigenvalue weighted by molar-refractivity contribution is 0.436. The second-order valence-corrected chi connectivity index (χ2v) is 7.28. The van der Waals surface area contributed by atoms with Crippen molar-refractivity contribution >= 4 is 5.78 Å². The summed E-state index contributed by atoms with van der Waals surface area (Å²) in [6.07, 6.45) is 3.74. The van der Waals surface area contributed by atoms with Crippen LogP contribution in [0.4, 0.5) is 0 Å². The van der Waals surface area contributed by atoms with E-state index >= 15 is 0 Å². The molecule has 0 aliphatic rings. The van der Waals surface area contributed by atoms with Crippen LogP contribution in [0.2, 0.25) is 0 Å². The number of aryl methyl sites for hydroxylation is 1. The SMILES string of the molecule is CCCc1nc2nncn2c(O)c1Cc1ccc(-c2ccccc2-c2nnn[nH]2)cc1. The van der Waals surface area contributed by atoms with Crippen molar-refractivity contribution in [1.29, 1.82) is 0 Å². The molecule has 0 saturated heterocycles. The molecule has 2 aromatic carbocycles. The van der Waals surface area contributed by atoms with Crippen molar-refractivity contribution in [3.05, 3.63) is 71.7 Å². The number of nitrogens with one attached hydrogen (secondary N) is 1. The van der Waals surface area contributed by atoms with Crippen molar-refractivity contribution in [2.75, 3.05) is 0 Å². The lowest BCUT2D eigenvalue weighted by Crippen LogP contribution is -2.04. The summed E-state index contributed by atoms with van der Waals surface area (Å²) in [5, 5.41) is 32.9. The monoisotopic (exact) mass is 412 g/mol. The summed E-state index contributed by atoms with van der Waals surface area (Å²) in [4.78, 5) is 4.59. The van der Waals surface area contributed by atoms with E-state index < -0.39 is 0 Å². The van der Waals surface area contributed by atoms with Crippen molar-refractivity contribution < 1.29 is 5.11 Å². The van der Waals surface area contributed by atoms with Crippen LogP contribution in [0.1, 0.15) is 30.2 Å². The van der Waals surface area contributed by atoms with Crippen LogP contribution in [0.5, 0.6) is 5.88 Å². The maximum atomic E-state index is 10.8. The molecule has 3 heterocycles. The molecule has 0 radical (unpaired) electrons. The molecule has 0 unspecified atom stereocenters. The quantitative estimate of drug-likeness (QED) is 0.440. The Morgan fingerprint density at radius 3 is 2.55 bits per heavy atom. The maximum absolute atomic E-state index is 10.8. The summed E-state index contributed by atoms with van der Waals surface area (Å²) in [5.74, 6) is 1.19. The molecule has 3 aromatic heterocycles. The van der Waals surface area contributed by atoms with Gasteiger partial charge in [-0.2, -0.15) is 0 Å². The molecule has 5 rings (SSSR count).